The first kappa shape index (κ1) is 54.9. The Labute approximate surface area is 452 Å². The normalized spacial score (nSPS) is 11.2. The molecule has 2 aromatic heterocycles. The van der Waals surface area contributed by atoms with Gasteiger partial charge in [0.05, 0.1) is 0 Å². The van der Waals surface area contributed by atoms with Crippen LogP contribution in [0.1, 0.15) is 153 Å². The minimum atomic E-state index is 0. The zero-order chi connectivity index (χ0) is 49.7. The van der Waals surface area contributed by atoms with E-state index >= 15 is 0 Å². The third kappa shape index (κ3) is 16.1. The molecule has 73 heavy (non-hydrogen) atoms. The van der Waals surface area contributed by atoms with Crippen LogP contribution in [0.2, 0.25) is 0 Å². The number of nitrogens with zero attached hydrogens (tertiary/aromatic N) is 4. The molecule has 6 aromatic carbocycles. The Morgan fingerprint density at radius 3 is 0.973 bits per heavy atom. The second-order valence-corrected chi connectivity index (χ2v) is 20.1. The van der Waals surface area contributed by atoms with Crippen molar-refractivity contribution < 1.29 is 20.1 Å². The van der Waals surface area contributed by atoms with Crippen LogP contribution >= 0.6 is 0 Å². The maximum absolute atomic E-state index is 5.07. The van der Waals surface area contributed by atoms with Crippen LogP contribution in [0, 0.1) is 6.07 Å². The van der Waals surface area contributed by atoms with Gasteiger partial charge >= 0.3 is 0 Å². The molecule has 2 heterocycles. The molecule has 0 saturated carbocycles. The van der Waals surface area contributed by atoms with Crippen LogP contribution in [0.15, 0.2) is 152 Å². The Hall–Kier alpha value is -5.87. The van der Waals surface area contributed by atoms with E-state index in [1.54, 1.807) is 0 Å². The van der Waals surface area contributed by atoms with Gasteiger partial charge in [-0.2, -0.15) is 0 Å². The standard InChI is InChI=1S/C68H77N4.Ir/c1-5-9-13-17-21-51-25-33-55(34-26-51)62-47-63(56-35-27-52(28-36-56)22-18-14-10-6-2)49-64(48-62)57-41-43-58(44-42-57)65-46-45-61(50-69-65)68-71-66(59-37-29-53(30-38-59)23-19-15-11-7-3)70-67(72-68)60-39-31-54(32-40-60)24-20-16-12-8-4;/h25-43,45-50H,5-24H2,1-4H3;/q-1;. The number of rotatable bonds is 27. The summed E-state index contributed by atoms with van der Waals surface area (Å²) in [4.78, 5) is 20.2. The first-order chi connectivity index (χ1) is 35.5. The second-order valence-electron chi connectivity index (χ2n) is 20.1. The molecule has 0 bridgehead atoms. The van der Waals surface area contributed by atoms with Gasteiger partial charge in [0.15, 0.2) is 17.5 Å². The molecule has 0 saturated heterocycles. The van der Waals surface area contributed by atoms with Crippen molar-refractivity contribution in [2.45, 2.75) is 156 Å². The largest absolute Gasteiger partial charge is 0.304 e. The van der Waals surface area contributed by atoms with Crippen LogP contribution in [0.3, 0.4) is 0 Å². The summed E-state index contributed by atoms with van der Waals surface area (Å²) in [5.74, 6) is 1.95. The van der Waals surface area contributed by atoms with Gasteiger partial charge in [-0.05, 0) is 108 Å². The van der Waals surface area contributed by atoms with Crippen LogP contribution in [0.4, 0.5) is 0 Å². The summed E-state index contributed by atoms with van der Waals surface area (Å²) in [5, 5.41) is 0. The van der Waals surface area contributed by atoms with Gasteiger partial charge < -0.3 is 4.98 Å². The summed E-state index contributed by atoms with van der Waals surface area (Å²) >= 11 is 0. The van der Waals surface area contributed by atoms with Crippen LogP contribution in [-0.4, -0.2) is 19.9 Å². The third-order valence-corrected chi connectivity index (χ3v) is 14.3. The van der Waals surface area contributed by atoms with E-state index in [0.29, 0.717) is 17.5 Å². The van der Waals surface area contributed by atoms with Crippen LogP contribution in [-0.2, 0) is 45.8 Å². The Morgan fingerprint density at radius 1 is 0.315 bits per heavy atom. The van der Waals surface area contributed by atoms with E-state index in [2.05, 4.69) is 179 Å². The molecule has 1 radical (unpaired) electrons. The fraction of sp³-hybridized carbons (Fsp3) is 0.353. The topological polar surface area (TPSA) is 51.6 Å². The molecule has 0 fully saturated rings. The number of pyridine rings is 1. The fourth-order valence-corrected chi connectivity index (χ4v) is 9.73. The van der Waals surface area contributed by atoms with Crippen LogP contribution < -0.4 is 0 Å². The summed E-state index contributed by atoms with van der Waals surface area (Å²) in [6.45, 7) is 9.07. The molecule has 4 nitrogen and oxygen atoms in total. The van der Waals surface area contributed by atoms with E-state index in [-0.39, 0.29) is 20.1 Å². The summed E-state index contributed by atoms with van der Waals surface area (Å²) in [7, 11) is 0. The predicted octanol–water partition coefficient (Wildman–Crippen LogP) is 19.2. The number of unbranched alkanes of at least 4 members (excludes halogenated alkanes) is 12. The van der Waals surface area contributed by atoms with Crippen molar-refractivity contribution in [1.29, 1.82) is 0 Å². The minimum absolute atomic E-state index is 0. The van der Waals surface area contributed by atoms with Gasteiger partial charge in [0.1, 0.15) is 0 Å². The molecule has 8 rings (SSSR count). The number of aryl methyl sites for hydroxylation is 4. The monoisotopic (exact) mass is 1140 g/mol. The molecule has 0 aliphatic heterocycles. The number of benzene rings is 6. The van der Waals surface area contributed by atoms with Gasteiger partial charge in [-0.25, -0.2) is 15.0 Å². The average molecular weight is 1140 g/mol. The summed E-state index contributed by atoms with van der Waals surface area (Å²) in [5.41, 5.74) is 17.4. The van der Waals surface area contributed by atoms with Crippen molar-refractivity contribution in [1.82, 2.24) is 19.9 Å². The number of aromatic nitrogens is 4. The van der Waals surface area contributed by atoms with Crippen molar-refractivity contribution >= 4 is 0 Å². The molecule has 0 amide bonds. The zero-order valence-electron chi connectivity index (χ0n) is 44.2. The predicted molar refractivity (Wildman–Crippen MR) is 306 cm³/mol. The Balaban J connectivity index is 0.00000780. The van der Waals surface area contributed by atoms with E-state index in [0.717, 1.165) is 59.2 Å². The molecular weight excluding hydrogens is 1060 g/mol. The van der Waals surface area contributed by atoms with Crippen molar-refractivity contribution in [2.75, 3.05) is 0 Å². The van der Waals surface area contributed by atoms with Gasteiger partial charge in [-0.1, -0.05) is 237 Å². The van der Waals surface area contributed by atoms with E-state index in [1.165, 1.54) is 153 Å². The van der Waals surface area contributed by atoms with Crippen molar-refractivity contribution in [3.8, 4) is 78.8 Å². The van der Waals surface area contributed by atoms with Gasteiger partial charge in [0.2, 0.25) is 0 Å². The molecule has 0 unspecified atom stereocenters. The van der Waals surface area contributed by atoms with Gasteiger partial charge in [-0.3, -0.25) is 0 Å². The molecule has 8 aromatic rings. The average Bonchev–Trinajstić information content (AvgIpc) is 3.44. The first-order valence-electron chi connectivity index (χ1n) is 27.8. The maximum atomic E-state index is 5.07. The van der Waals surface area contributed by atoms with Crippen molar-refractivity contribution in [3.05, 3.63) is 180 Å². The van der Waals surface area contributed by atoms with Gasteiger partial charge in [-0.15, -0.1) is 29.8 Å². The number of hydrogen-bond acceptors (Lipinski definition) is 4. The quantitative estimate of drug-likeness (QED) is 0.0380. The third-order valence-electron chi connectivity index (χ3n) is 14.3. The maximum Gasteiger partial charge on any atom is 0.165 e. The minimum Gasteiger partial charge on any atom is -0.304 e. The van der Waals surface area contributed by atoms with Crippen LogP contribution in [0.5, 0.6) is 0 Å². The molecule has 379 valence electrons. The Morgan fingerprint density at radius 2 is 0.644 bits per heavy atom. The summed E-state index contributed by atoms with van der Waals surface area (Å²) in [6.07, 6.45) is 26.6. The second kappa shape index (κ2) is 29.1. The SMILES string of the molecule is CCCCCCc1ccc(-c2cc(-c3c[c-]c(-c4ccc(-c5nc(-c6ccc(CCCCCC)cc6)nc(-c6ccc(CCCCCC)cc6)n5)cn4)cc3)cc(-c3ccc(CCCCCC)cc3)c2)cc1.[Ir]. The van der Waals surface area contributed by atoms with Crippen LogP contribution in [0.25, 0.3) is 78.8 Å². The molecule has 0 atom stereocenters. The molecule has 0 aliphatic rings. The molecule has 0 aliphatic carbocycles. The molecule has 5 heteroatoms. The Kier molecular flexibility index (Phi) is 21.9. The zero-order valence-corrected chi connectivity index (χ0v) is 46.6. The van der Waals surface area contributed by atoms with E-state index < -0.39 is 0 Å². The van der Waals surface area contributed by atoms with E-state index in [9.17, 15) is 0 Å². The molecular formula is C68H77IrN4-. The van der Waals surface area contributed by atoms with Crippen molar-refractivity contribution in [3.63, 3.8) is 0 Å². The van der Waals surface area contributed by atoms with E-state index in [4.69, 9.17) is 19.9 Å². The smallest absolute Gasteiger partial charge is 0.165 e. The summed E-state index contributed by atoms with van der Waals surface area (Å²) in [6, 6.07) is 57.3. The first-order valence-corrected chi connectivity index (χ1v) is 27.8. The van der Waals surface area contributed by atoms with Gasteiger partial charge in [0.25, 0.3) is 0 Å². The molecule has 0 spiro atoms. The number of hydrogen-bond donors (Lipinski definition) is 0. The summed E-state index contributed by atoms with van der Waals surface area (Å²) < 4.78 is 0. The molecule has 0 N–H and O–H groups in total. The Bertz CT molecular complexity index is 2500. The van der Waals surface area contributed by atoms with Crippen molar-refractivity contribution in [2.24, 2.45) is 0 Å². The van der Waals surface area contributed by atoms with E-state index in [1.807, 2.05) is 6.20 Å². The van der Waals surface area contributed by atoms with Gasteiger partial charge in [0, 0.05) is 43.0 Å². The fourth-order valence-electron chi connectivity index (χ4n) is 9.73.